The second kappa shape index (κ2) is 11.1. The predicted molar refractivity (Wildman–Crippen MR) is 145 cm³/mol. The van der Waals surface area contributed by atoms with E-state index in [0.29, 0.717) is 23.7 Å². The predicted octanol–water partition coefficient (Wildman–Crippen LogP) is 3.46. The minimum atomic E-state index is -1.25. The quantitative estimate of drug-likeness (QED) is 0.399. The first-order valence-electron chi connectivity index (χ1n) is 13.2. The molecule has 8 nitrogen and oxygen atoms in total. The lowest BCUT2D eigenvalue weighted by Crippen LogP contribution is -2.49. The molecule has 10 heteroatoms. The van der Waals surface area contributed by atoms with Crippen molar-refractivity contribution in [2.45, 2.75) is 50.0 Å². The lowest BCUT2D eigenvalue weighted by molar-refractivity contribution is -0.138. The largest absolute Gasteiger partial charge is 0.391 e. The molecule has 1 aliphatic heterocycles. The molecule has 3 amide bonds. The van der Waals surface area contributed by atoms with Crippen molar-refractivity contribution in [2.24, 2.45) is 0 Å². The SMILES string of the molecule is C[C@H](NC(=O)[C@@H]1C[C@@H](O)CN1C(=O)CNC(=O)c1ccc2cc(F)ccc2n1)c1ccccc1/C=C/C1(F)CC1. The maximum Gasteiger partial charge on any atom is 0.270 e. The molecule has 3 atom stereocenters. The van der Waals surface area contributed by atoms with Crippen LogP contribution >= 0.6 is 0 Å². The summed E-state index contributed by atoms with van der Waals surface area (Å²) in [5, 5.41) is 16.2. The number of hydrogen-bond donors (Lipinski definition) is 3. The highest BCUT2D eigenvalue weighted by Gasteiger charge is 2.41. The molecule has 2 heterocycles. The molecule has 0 unspecified atom stereocenters. The summed E-state index contributed by atoms with van der Waals surface area (Å²) >= 11 is 0. The number of carbonyl (C=O) groups excluding carboxylic acids is 3. The highest BCUT2D eigenvalue weighted by molar-refractivity contribution is 5.97. The van der Waals surface area contributed by atoms with Crippen LogP contribution in [0.3, 0.4) is 0 Å². The Morgan fingerprint density at radius 2 is 1.95 bits per heavy atom. The van der Waals surface area contributed by atoms with E-state index in [9.17, 15) is 28.3 Å². The van der Waals surface area contributed by atoms with E-state index >= 15 is 0 Å². The fourth-order valence-electron chi connectivity index (χ4n) is 4.88. The van der Waals surface area contributed by atoms with Gasteiger partial charge in [-0.1, -0.05) is 36.4 Å². The van der Waals surface area contributed by atoms with Crippen molar-refractivity contribution in [3.05, 3.63) is 83.3 Å². The number of fused-ring (bicyclic) bond motifs is 1. The van der Waals surface area contributed by atoms with Gasteiger partial charge in [0.15, 0.2) is 0 Å². The summed E-state index contributed by atoms with van der Waals surface area (Å²) in [6.45, 7) is 1.36. The number of rotatable bonds is 8. The van der Waals surface area contributed by atoms with E-state index in [1.807, 2.05) is 24.3 Å². The number of nitrogens with zero attached hydrogens (tertiary/aromatic N) is 2. The van der Waals surface area contributed by atoms with Crippen LogP contribution in [0.4, 0.5) is 8.78 Å². The average Bonchev–Trinajstić information content (AvgIpc) is 3.55. The summed E-state index contributed by atoms with van der Waals surface area (Å²) in [6.07, 6.45) is 3.47. The fraction of sp³-hybridized carbons (Fsp3) is 0.333. The number of aliphatic hydroxyl groups excluding tert-OH is 1. The number of aromatic nitrogens is 1. The Bertz CT molecular complexity index is 1490. The molecule has 2 aliphatic rings. The summed E-state index contributed by atoms with van der Waals surface area (Å²) in [6, 6.07) is 13.0. The van der Waals surface area contributed by atoms with Crippen LogP contribution in [0.15, 0.2) is 60.7 Å². The lowest BCUT2D eigenvalue weighted by atomic mass is 10.00. The number of alkyl halides is 1. The number of carbonyl (C=O) groups is 3. The molecule has 1 saturated carbocycles. The van der Waals surface area contributed by atoms with Gasteiger partial charge in [0.05, 0.1) is 24.2 Å². The van der Waals surface area contributed by atoms with Crippen molar-refractivity contribution in [3.63, 3.8) is 0 Å². The van der Waals surface area contributed by atoms with Gasteiger partial charge in [0, 0.05) is 18.4 Å². The Morgan fingerprint density at radius 3 is 2.73 bits per heavy atom. The summed E-state index contributed by atoms with van der Waals surface area (Å²) < 4.78 is 27.5. The molecular weight excluding hydrogens is 518 g/mol. The summed E-state index contributed by atoms with van der Waals surface area (Å²) in [5.74, 6) is -1.97. The van der Waals surface area contributed by atoms with Gasteiger partial charge in [-0.2, -0.15) is 0 Å². The average molecular weight is 549 g/mol. The van der Waals surface area contributed by atoms with Crippen molar-refractivity contribution in [1.29, 1.82) is 0 Å². The van der Waals surface area contributed by atoms with Gasteiger partial charge in [0.1, 0.15) is 23.2 Å². The Morgan fingerprint density at radius 1 is 1.18 bits per heavy atom. The molecule has 3 N–H and O–H groups in total. The molecule has 1 aromatic heterocycles. The molecule has 5 rings (SSSR count). The maximum absolute atomic E-state index is 14.1. The van der Waals surface area contributed by atoms with E-state index < -0.39 is 53.9 Å². The highest BCUT2D eigenvalue weighted by atomic mass is 19.1. The normalized spacial score (nSPS) is 20.4. The molecule has 0 spiro atoms. The van der Waals surface area contributed by atoms with Gasteiger partial charge in [-0.3, -0.25) is 14.4 Å². The standard InChI is InChI=1S/C30H30F2N4O4/c1-18(23-5-3-2-4-19(23)10-11-30(32)12-13-30)34-29(40)26-15-22(37)17-36(26)27(38)16-33-28(39)25-8-6-20-14-21(31)7-9-24(20)35-25/h2-11,14,18,22,26,37H,12-13,15-17H2,1H3,(H,33,39)(H,34,40)/b11-10+/t18-,22+,26-/m0/s1. The number of aliphatic hydroxyl groups is 1. The number of hydrogen-bond acceptors (Lipinski definition) is 5. The summed E-state index contributed by atoms with van der Waals surface area (Å²) in [5.41, 5.74) is 0.825. The van der Waals surface area contributed by atoms with E-state index in [2.05, 4.69) is 15.6 Å². The van der Waals surface area contributed by atoms with Gasteiger partial charge in [0.25, 0.3) is 5.91 Å². The Balaban J connectivity index is 1.21. The number of β-amino-alcohol motifs (C(OH)–C–C–N with tert-alkyl or cyclic N) is 1. The van der Waals surface area contributed by atoms with E-state index in [1.54, 1.807) is 25.1 Å². The molecule has 0 bridgehead atoms. The number of pyridine rings is 1. The van der Waals surface area contributed by atoms with Gasteiger partial charge < -0.3 is 20.6 Å². The minimum absolute atomic E-state index is 0.0428. The van der Waals surface area contributed by atoms with Crippen LogP contribution in [-0.2, 0) is 9.59 Å². The third kappa shape index (κ3) is 6.17. The number of halogens is 2. The molecule has 1 aliphatic carbocycles. The van der Waals surface area contributed by atoms with E-state index in [4.69, 9.17) is 0 Å². The first-order valence-corrected chi connectivity index (χ1v) is 13.2. The van der Waals surface area contributed by atoms with Crippen LogP contribution < -0.4 is 10.6 Å². The van der Waals surface area contributed by atoms with Gasteiger partial charge in [-0.05, 0) is 61.2 Å². The first-order chi connectivity index (χ1) is 19.1. The zero-order valence-electron chi connectivity index (χ0n) is 21.9. The second-order valence-electron chi connectivity index (χ2n) is 10.4. The molecule has 0 radical (unpaired) electrons. The van der Waals surface area contributed by atoms with Crippen molar-refractivity contribution < 1.29 is 28.3 Å². The minimum Gasteiger partial charge on any atom is -0.391 e. The van der Waals surface area contributed by atoms with E-state index in [1.165, 1.54) is 29.2 Å². The van der Waals surface area contributed by atoms with Crippen LogP contribution in [0, 0.1) is 5.82 Å². The third-order valence-electron chi connectivity index (χ3n) is 7.30. The van der Waals surface area contributed by atoms with Gasteiger partial charge in [0.2, 0.25) is 11.8 Å². The monoisotopic (exact) mass is 548 g/mol. The van der Waals surface area contributed by atoms with Crippen LogP contribution in [0.1, 0.15) is 53.8 Å². The van der Waals surface area contributed by atoms with E-state index in [0.717, 1.165) is 11.1 Å². The number of likely N-dealkylation sites (tertiary alicyclic amines) is 1. The topological polar surface area (TPSA) is 112 Å². The summed E-state index contributed by atoms with van der Waals surface area (Å²) in [4.78, 5) is 44.3. The Labute approximate surface area is 230 Å². The molecule has 2 fully saturated rings. The first kappa shape index (κ1) is 27.4. The highest BCUT2D eigenvalue weighted by Crippen LogP contribution is 2.41. The summed E-state index contributed by atoms with van der Waals surface area (Å²) in [7, 11) is 0. The molecule has 40 heavy (non-hydrogen) atoms. The van der Waals surface area contributed by atoms with Crippen LogP contribution in [0.5, 0.6) is 0 Å². The number of nitrogens with one attached hydrogen (secondary N) is 2. The van der Waals surface area contributed by atoms with Crippen LogP contribution in [0.25, 0.3) is 17.0 Å². The van der Waals surface area contributed by atoms with Crippen molar-refractivity contribution >= 4 is 34.7 Å². The maximum atomic E-state index is 14.1. The van der Waals surface area contributed by atoms with Crippen molar-refractivity contribution in [3.8, 4) is 0 Å². The van der Waals surface area contributed by atoms with Crippen molar-refractivity contribution in [1.82, 2.24) is 20.5 Å². The smallest absolute Gasteiger partial charge is 0.270 e. The number of benzene rings is 2. The molecule has 3 aromatic rings. The lowest BCUT2D eigenvalue weighted by Gasteiger charge is -2.26. The van der Waals surface area contributed by atoms with Crippen LogP contribution in [-0.4, -0.2) is 63.6 Å². The van der Waals surface area contributed by atoms with Crippen LogP contribution in [0.2, 0.25) is 0 Å². The molecule has 2 aromatic carbocycles. The second-order valence-corrected chi connectivity index (χ2v) is 10.4. The van der Waals surface area contributed by atoms with E-state index in [-0.39, 0.29) is 18.7 Å². The van der Waals surface area contributed by atoms with Crippen molar-refractivity contribution in [2.75, 3.05) is 13.1 Å². The molecule has 208 valence electrons. The molecule has 1 saturated heterocycles. The number of amides is 3. The Kier molecular flexibility index (Phi) is 7.62. The van der Waals surface area contributed by atoms with Gasteiger partial charge >= 0.3 is 0 Å². The zero-order chi connectivity index (χ0) is 28.4. The Hall–Kier alpha value is -4.18. The zero-order valence-corrected chi connectivity index (χ0v) is 21.9. The fourth-order valence-corrected chi connectivity index (χ4v) is 4.88. The third-order valence-corrected chi connectivity index (χ3v) is 7.30. The molecular formula is C30H30F2N4O4. The van der Waals surface area contributed by atoms with Gasteiger partial charge in [-0.25, -0.2) is 13.8 Å². The van der Waals surface area contributed by atoms with Gasteiger partial charge in [-0.15, -0.1) is 0 Å². The number of allylic oxidation sites excluding steroid dienone is 1.